The molecule has 7 heteroatoms. The molecule has 0 amide bonds. The van der Waals surface area contributed by atoms with Gasteiger partial charge in [0.15, 0.2) is 0 Å². The molecule has 1 saturated carbocycles. The van der Waals surface area contributed by atoms with Gasteiger partial charge in [0, 0.05) is 23.8 Å². The van der Waals surface area contributed by atoms with Crippen molar-refractivity contribution in [3.63, 3.8) is 0 Å². The van der Waals surface area contributed by atoms with Crippen molar-refractivity contribution in [3.05, 3.63) is 29.8 Å². The van der Waals surface area contributed by atoms with Crippen LogP contribution in [0.4, 0.5) is 0 Å². The second kappa shape index (κ2) is 15.0. The van der Waals surface area contributed by atoms with Crippen LogP contribution in [0.1, 0.15) is 83.1 Å². The van der Waals surface area contributed by atoms with E-state index in [0.717, 1.165) is 56.3 Å². The molecule has 4 N–H and O–H groups in total. The van der Waals surface area contributed by atoms with Crippen LogP contribution in [0.2, 0.25) is 0 Å². The molecule has 34 heavy (non-hydrogen) atoms. The van der Waals surface area contributed by atoms with E-state index in [1.54, 1.807) is 11.8 Å². The fourth-order valence-corrected chi connectivity index (χ4v) is 6.28. The number of unbranched alkanes of at least 4 members (excludes halogenated alkanes) is 5. The summed E-state index contributed by atoms with van der Waals surface area (Å²) in [6.07, 6.45) is 7.29. The maximum Gasteiger partial charge on any atom is 0.303 e. The van der Waals surface area contributed by atoms with Gasteiger partial charge in [0.1, 0.15) is 18.0 Å². The zero-order valence-corrected chi connectivity index (χ0v) is 21.6. The smallest absolute Gasteiger partial charge is 0.303 e. The van der Waals surface area contributed by atoms with Crippen molar-refractivity contribution in [3.8, 4) is 5.75 Å². The summed E-state index contributed by atoms with van der Waals surface area (Å²) in [6, 6.07) is 7.81. The second-order valence-corrected chi connectivity index (χ2v) is 11.1. The Morgan fingerprint density at radius 1 is 1.06 bits per heavy atom. The Morgan fingerprint density at radius 3 is 2.44 bits per heavy atom. The topological polar surface area (TPSA) is 107 Å². The fourth-order valence-electron chi connectivity index (χ4n) is 4.66. The number of aliphatic hydroxyl groups is 3. The van der Waals surface area contributed by atoms with Crippen LogP contribution in [0, 0.1) is 12.8 Å². The van der Waals surface area contributed by atoms with E-state index in [1.807, 2.05) is 31.2 Å². The van der Waals surface area contributed by atoms with E-state index >= 15 is 0 Å². The van der Waals surface area contributed by atoms with Gasteiger partial charge in [-0.25, -0.2) is 0 Å². The number of ether oxygens (including phenoxy) is 1. The summed E-state index contributed by atoms with van der Waals surface area (Å²) in [5.74, 6) is 0.411. The number of hydrogen-bond donors (Lipinski definition) is 4. The molecule has 0 spiro atoms. The third-order valence-corrected chi connectivity index (χ3v) is 8.53. The molecular weight excluding hydrogens is 452 g/mol. The third-order valence-electron chi connectivity index (χ3n) is 6.78. The standard InChI is InChI=1S/C27H44O6S/c1-3-4-9-16-27(32,18-33-21-14-12-20(2)13-15-21)19-34-26-22(23(28)17-24(26)29)10-7-5-6-8-11-25(30)31/h12-15,22-24,26,28-29,32H,3-11,16-19H2,1-2H3,(H,30,31)/t22-,23?,24?,26+,27?/m0/s1. The average molecular weight is 497 g/mol. The molecule has 1 fully saturated rings. The summed E-state index contributed by atoms with van der Waals surface area (Å²) in [5, 5.41) is 41.2. The molecule has 5 atom stereocenters. The number of aliphatic carboxylic acids is 1. The lowest BCUT2D eigenvalue weighted by atomic mass is 9.97. The van der Waals surface area contributed by atoms with Crippen molar-refractivity contribution in [1.29, 1.82) is 0 Å². The molecule has 0 bridgehead atoms. The van der Waals surface area contributed by atoms with Gasteiger partial charge in [0.25, 0.3) is 0 Å². The Labute approximate surface area is 209 Å². The largest absolute Gasteiger partial charge is 0.491 e. The van der Waals surface area contributed by atoms with E-state index in [-0.39, 0.29) is 24.2 Å². The molecule has 0 heterocycles. The molecule has 194 valence electrons. The van der Waals surface area contributed by atoms with Crippen LogP contribution in [0.25, 0.3) is 0 Å². The molecule has 1 aliphatic rings. The lowest BCUT2D eigenvalue weighted by Crippen LogP contribution is -2.40. The van der Waals surface area contributed by atoms with Gasteiger partial charge in [-0.15, -0.1) is 0 Å². The van der Waals surface area contributed by atoms with E-state index in [0.29, 0.717) is 25.0 Å². The molecule has 1 aromatic rings. The molecule has 1 aliphatic carbocycles. The van der Waals surface area contributed by atoms with Gasteiger partial charge < -0.3 is 25.2 Å². The minimum atomic E-state index is -1.00. The maximum atomic E-state index is 11.4. The van der Waals surface area contributed by atoms with Crippen LogP contribution in [0.15, 0.2) is 24.3 Å². The van der Waals surface area contributed by atoms with Crippen molar-refractivity contribution in [2.24, 2.45) is 5.92 Å². The first kappa shape index (κ1) is 29.0. The van der Waals surface area contributed by atoms with Crippen LogP contribution in [-0.2, 0) is 4.79 Å². The zero-order chi connectivity index (χ0) is 25.0. The highest BCUT2D eigenvalue weighted by Crippen LogP contribution is 2.40. The van der Waals surface area contributed by atoms with Crippen LogP contribution >= 0.6 is 11.8 Å². The van der Waals surface area contributed by atoms with Crippen LogP contribution < -0.4 is 4.74 Å². The lowest BCUT2D eigenvalue weighted by molar-refractivity contribution is -0.137. The number of aryl methyl sites for hydroxylation is 1. The Hall–Kier alpha value is -1.28. The van der Waals surface area contributed by atoms with Gasteiger partial charge in [-0.2, -0.15) is 11.8 Å². The van der Waals surface area contributed by atoms with Gasteiger partial charge in [-0.1, -0.05) is 63.1 Å². The third kappa shape index (κ3) is 10.1. The highest BCUT2D eigenvalue weighted by molar-refractivity contribution is 8.00. The molecule has 2 rings (SSSR count). The Balaban J connectivity index is 1.91. The van der Waals surface area contributed by atoms with Crippen molar-refractivity contribution in [2.45, 2.75) is 108 Å². The second-order valence-electron chi connectivity index (χ2n) is 9.94. The van der Waals surface area contributed by atoms with E-state index in [2.05, 4.69) is 6.92 Å². The molecular formula is C27H44O6S. The Kier molecular flexibility index (Phi) is 12.7. The predicted molar refractivity (Wildman–Crippen MR) is 137 cm³/mol. The number of benzene rings is 1. The van der Waals surface area contributed by atoms with E-state index in [4.69, 9.17) is 9.84 Å². The fraction of sp³-hybridized carbons (Fsp3) is 0.741. The predicted octanol–water partition coefficient (Wildman–Crippen LogP) is 4.95. The van der Waals surface area contributed by atoms with Crippen molar-refractivity contribution < 1.29 is 30.0 Å². The monoisotopic (exact) mass is 496 g/mol. The van der Waals surface area contributed by atoms with Crippen LogP contribution in [0.5, 0.6) is 5.75 Å². The number of carboxylic acid groups (broad SMARTS) is 1. The summed E-state index contributed by atoms with van der Waals surface area (Å²) in [5.41, 5.74) is 0.155. The summed E-state index contributed by atoms with van der Waals surface area (Å²) in [4.78, 5) is 10.6. The van der Waals surface area contributed by atoms with E-state index < -0.39 is 23.8 Å². The molecule has 0 radical (unpaired) electrons. The SMILES string of the molecule is CCCCCC(O)(COc1ccc(C)cc1)CS[C@H]1C(O)CC(O)[C@@H]1CCCCCCC(=O)O. The summed E-state index contributed by atoms with van der Waals surface area (Å²) >= 11 is 1.56. The zero-order valence-electron chi connectivity index (χ0n) is 20.8. The molecule has 3 unspecified atom stereocenters. The van der Waals surface area contributed by atoms with Gasteiger partial charge in [-0.3, -0.25) is 4.79 Å². The number of hydrogen-bond acceptors (Lipinski definition) is 6. The summed E-state index contributed by atoms with van der Waals surface area (Å²) < 4.78 is 5.95. The maximum absolute atomic E-state index is 11.4. The van der Waals surface area contributed by atoms with Gasteiger partial charge >= 0.3 is 5.97 Å². The van der Waals surface area contributed by atoms with Crippen LogP contribution in [0.3, 0.4) is 0 Å². The molecule has 1 aromatic carbocycles. The first-order chi connectivity index (χ1) is 16.2. The number of carbonyl (C=O) groups is 1. The normalized spacial score (nSPS) is 24.1. The van der Waals surface area contributed by atoms with E-state index in [9.17, 15) is 20.1 Å². The highest BCUT2D eigenvalue weighted by atomic mass is 32.2. The van der Waals surface area contributed by atoms with Crippen LogP contribution in [-0.4, -0.2) is 61.8 Å². The average Bonchev–Trinajstić information content (AvgIpc) is 3.06. The first-order valence-electron chi connectivity index (χ1n) is 12.9. The minimum Gasteiger partial charge on any atom is -0.491 e. The Morgan fingerprint density at radius 2 is 1.76 bits per heavy atom. The summed E-state index contributed by atoms with van der Waals surface area (Å²) in [6.45, 7) is 4.36. The Bertz CT molecular complexity index is 712. The number of thioether (sulfide) groups is 1. The number of aliphatic hydroxyl groups excluding tert-OH is 2. The number of carboxylic acids is 1. The lowest BCUT2D eigenvalue weighted by Gasteiger charge is -2.31. The number of rotatable bonds is 17. The molecule has 0 aromatic heterocycles. The van der Waals surface area contributed by atoms with Crippen molar-refractivity contribution in [1.82, 2.24) is 0 Å². The molecule has 0 aliphatic heterocycles. The van der Waals surface area contributed by atoms with Gasteiger partial charge in [0.05, 0.1) is 12.2 Å². The quantitative estimate of drug-likeness (QED) is 0.226. The van der Waals surface area contributed by atoms with Crippen molar-refractivity contribution in [2.75, 3.05) is 12.4 Å². The van der Waals surface area contributed by atoms with Crippen molar-refractivity contribution >= 4 is 17.7 Å². The molecule has 6 nitrogen and oxygen atoms in total. The minimum absolute atomic E-state index is 0.0163. The first-order valence-corrected chi connectivity index (χ1v) is 13.9. The van der Waals surface area contributed by atoms with Gasteiger partial charge in [0.2, 0.25) is 0 Å². The van der Waals surface area contributed by atoms with Gasteiger partial charge in [-0.05, 0) is 44.2 Å². The summed E-state index contributed by atoms with van der Waals surface area (Å²) in [7, 11) is 0. The van der Waals surface area contributed by atoms with E-state index in [1.165, 1.54) is 0 Å². The highest BCUT2D eigenvalue weighted by Gasteiger charge is 2.43. The molecule has 0 saturated heterocycles.